The largest absolute Gasteiger partial charge is 0.506 e. The smallest absolute Gasteiger partial charge is 0.217 e. The number of nitriles is 1. The Balaban J connectivity index is 0.00000267. The molecular weight excluding hydrogens is 631 g/mol. The Kier molecular flexibility index (Phi) is 5.95. The summed E-state index contributed by atoms with van der Waals surface area (Å²) in [4.78, 5) is 9.11. The second kappa shape index (κ2) is 9.11. The number of rotatable bonds is 3. The number of phenolic OH excluding ortho intramolecular Hbond substituents is 1. The van der Waals surface area contributed by atoms with Crippen LogP contribution in [0.25, 0.3) is 38.5 Å². The van der Waals surface area contributed by atoms with Gasteiger partial charge in [-0.2, -0.15) is 11.3 Å². The van der Waals surface area contributed by atoms with Crippen LogP contribution in [0.4, 0.5) is 0 Å². The zero-order valence-electron chi connectivity index (χ0n) is 19.4. The van der Waals surface area contributed by atoms with E-state index in [0.717, 1.165) is 38.8 Å². The molecular formula is C29H19N4O2Pt-. The minimum atomic E-state index is -0.0649. The number of fused-ring (bicyclic) bond motifs is 4. The number of hydrogen-bond acceptors (Lipinski definition) is 5. The summed E-state index contributed by atoms with van der Waals surface area (Å²) in [5.74, 6) is 1.55. The molecule has 1 N–H and O–H groups in total. The summed E-state index contributed by atoms with van der Waals surface area (Å²) in [7, 11) is 0. The van der Waals surface area contributed by atoms with Crippen LogP contribution in [0.3, 0.4) is 0 Å². The average Bonchev–Trinajstić information content (AvgIpc) is 3.17. The number of aryl methyl sites for hydroxylation is 2. The summed E-state index contributed by atoms with van der Waals surface area (Å²) in [6, 6.07) is 26.3. The van der Waals surface area contributed by atoms with Crippen LogP contribution in [0.5, 0.6) is 17.4 Å². The fourth-order valence-electron chi connectivity index (χ4n) is 4.35. The summed E-state index contributed by atoms with van der Waals surface area (Å²) in [6.07, 6.45) is 1.85. The van der Waals surface area contributed by atoms with E-state index in [2.05, 4.69) is 45.7 Å². The second-order valence-corrected chi connectivity index (χ2v) is 8.57. The first-order chi connectivity index (χ1) is 17.0. The Morgan fingerprint density at radius 3 is 2.53 bits per heavy atom. The third-order valence-electron chi connectivity index (χ3n) is 6.02. The van der Waals surface area contributed by atoms with Gasteiger partial charge < -0.3 is 14.4 Å². The number of aromatic nitrogens is 3. The van der Waals surface area contributed by atoms with Gasteiger partial charge in [0.1, 0.15) is 17.1 Å². The molecule has 0 unspecified atom stereocenters. The molecule has 0 bridgehead atoms. The first-order valence-electron chi connectivity index (χ1n) is 11.1. The van der Waals surface area contributed by atoms with E-state index >= 15 is 0 Å². The van der Waals surface area contributed by atoms with Gasteiger partial charge in [0.25, 0.3) is 0 Å². The van der Waals surface area contributed by atoms with E-state index in [1.807, 2.05) is 43.5 Å². The molecule has 6 rings (SSSR count). The molecule has 0 atom stereocenters. The van der Waals surface area contributed by atoms with E-state index in [0.29, 0.717) is 28.1 Å². The third-order valence-corrected chi connectivity index (χ3v) is 6.02. The van der Waals surface area contributed by atoms with Crippen molar-refractivity contribution in [1.82, 2.24) is 14.5 Å². The molecule has 3 aromatic heterocycles. The first-order valence-corrected chi connectivity index (χ1v) is 11.1. The quantitative estimate of drug-likeness (QED) is 0.221. The van der Waals surface area contributed by atoms with Crippen LogP contribution < -0.4 is 4.74 Å². The van der Waals surface area contributed by atoms with Gasteiger partial charge in [0.15, 0.2) is 0 Å². The molecule has 0 fully saturated rings. The second-order valence-electron chi connectivity index (χ2n) is 8.57. The standard InChI is InChI=1S/C29H19N4O2.Pt/c1-17-3-7-22-23-8-6-21(14-25(23)33(24(22)11-17)27-9-4-18(2)16-31-27)35-28-10-5-20-12-19(15-30)13-26(34)29(20)32-28;/h3-13,16,34H,1-2H3;/q-1;. The van der Waals surface area contributed by atoms with Gasteiger partial charge in [-0.15, -0.1) is 17.5 Å². The van der Waals surface area contributed by atoms with Gasteiger partial charge in [-0.25, -0.2) is 9.97 Å². The number of hydrogen-bond donors (Lipinski definition) is 1. The monoisotopic (exact) mass is 650 g/mol. The fourth-order valence-corrected chi connectivity index (χ4v) is 4.35. The average molecular weight is 651 g/mol. The van der Waals surface area contributed by atoms with E-state index < -0.39 is 0 Å². The Morgan fingerprint density at radius 1 is 0.944 bits per heavy atom. The predicted molar refractivity (Wildman–Crippen MR) is 135 cm³/mol. The molecule has 0 spiro atoms. The Bertz CT molecular complexity index is 1820. The molecule has 6 aromatic rings. The molecule has 0 aliphatic carbocycles. The van der Waals surface area contributed by atoms with E-state index in [-0.39, 0.29) is 26.8 Å². The molecule has 6 nitrogen and oxygen atoms in total. The molecule has 7 heteroatoms. The number of nitrogens with zero attached hydrogens (tertiary/aromatic N) is 4. The molecule has 178 valence electrons. The van der Waals surface area contributed by atoms with Crippen LogP contribution >= 0.6 is 0 Å². The number of aromatic hydroxyl groups is 1. The summed E-state index contributed by atoms with van der Waals surface area (Å²) in [6.45, 7) is 4.09. The maximum absolute atomic E-state index is 10.3. The molecule has 0 aliphatic rings. The zero-order valence-corrected chi connectivity index (χ0v) is 21.7. The fraction of sp³-hybridized carbons (Fsp3) is 0.0690. The van der Waals surface area contributed by atoms with Crippen LogP contribution in [-0.2, 0) is 21.1 Å². The van der Waals surface area contributed by atoms with Crippen molar-refractivity contribution in [2.75, 3.05) is 0 Å². The maximum Gasteiger partial charge on any atom is 0.217 e. The van der Waals surface area contributed by atoms with Crippen LogP contribution in [0, 0.1) is 31.2 Å². The van der Waals surface area contributed by atoms with Crippen molar-refractivity contribution in [2.24, 2.45) is 0 Å². The minimum Gasteiger partial charge on any atom is -0.506 e. The Labute approximate surface area is 221 Å². The molecule has 3 heterocycles. The number of pyridine rings is 2. The van der Waals surface area contributed by atoms with E-state index in [9.17, 15) is 5.11 Å². The molecule has 0 radical (unpaired) electrons. The van der Waals surface area contributed by atoms with Gasteiger partial charge in [-0.05, 0) is 60.7 Å². The molecule has 3 aromatic carbocycles. The van der Waals surface area contributed by atoms with E-state index in [4.69, 9.17) is 10.00 Å². The van der Waals surface area contributed by atoms with E-state index in [1.54, 1.807) is 18.2 Å². The maximum atomic E-state index is 10.3. The van der Waals surface area contributed by atoms with Crippen molar-refractivity contribution in [3.63, 3.8) is 0 Å². The van der Waals surface area contributed by atoms with Crippen molar-refractivity contribution >= 4 is 32.7 Å². The van der Waals surface area contributed by atoms with Crippen molar-refractivity contribution in [1.29, 1.82) is 5.26 Å². The summed E-state index contributed by atoms with van der Waals surface area (Å²) < 4.78 is 8.15. The van der Waals surface area contributed by atoms with Gasteiger partial charge in [0.05, 0.1) is 11.6 Å². The van der Waals surface area contributed by atoms with Crippen molar-refractivity contribution in [2.45, 2.75) is 13.8 Å². The summed E-state index contributed by atoms with van der Waals surface area (Å²) >= 11 is 0. The Hall–Kier alpha value is -4.20. The predicted octanol–water partition coefficient (Wildman–Crippen LogP) is 6.51. The molecule has 0 aliphatic heterocycles. The van der Waals surface area contributed by atoms with E-state index in [1.165, 1.54) is 6.07 Å². The van der Waals surface area contributed by atoms with Gasteiger partial charge in [-0.3, -0.25) is 0 Å². The Morgan fingerprint density at radius 2 is 1.75 bits per heavy atom. The van der Waals surface area contributed by atoms with Crippen molar-refractivity contribution in [3.8, 4) is 29.3 Å². The molecule has 0 saturated heterocycles. The third kappa shape index (κ3) is 3.98. The zero-order chi connectivity index (χ0) is 24.1. The number of phenols is 1. The summed E-state index contributed by atoms with van der Waals surface area (Å²) in [5.41, 5.74) is 4.89. The van der Waals surface area contributed by atoms with Crippen LogP contribution in [-0.4, -0.2) is 19.6 Å². The number of ether oxygens (including phenoxy) is 1. The molecule has 0 saturated carbocycles. The normalized spacial score (nSPS) is 10.9. The van der Waals surface area contributed by atoms with Crippen LogP contribution in [0.1, 0.15) is 16.7 Å². The van der Waals surface area contributed by atoms with Gasteiger partial charge in [0, 0.05) is 50.0 Å². The van der Waals surface area contributed by atoms with Crippen LogP contribution in [0.15, 0.2) is 72.9 Å². The van der Waals surface area contributed by atoms with Gasteiger partial charge >= 0.3 is 0 Å². The molecule has 36 heavy (non-hydrogen) atoms. The van der Waals surface area contributed by atoms with Gasteiger partial charge in [0.2, 0.25) is 5.88 Å². The number of benzene rings is 3. The van der Waals surface area contributed by atoms with Crippen LogP contribution in [0.2, 0.25) is 0 Å². The molecule has 0 amide bonds. The summed E-state index contributed by atoms with van der Waals surface area (Å²) in [5, 5.41) is 22.3. The minimum absolute atomic E-state index is 0. The van der Waals surface area contributed by atoms with Gasteiger partial charge in [-0.1, -0.05) is 23.7 Å². The first kappa shape index (κ1) is 23.5. The topological polar surface area (TPSA) is 84.0 Å². The SMILES string of the molecule is Cc1ccc(-n2c3[c-]c(Oc4ccc5cc(C#N)cc(O)c5n4)ccc3c3ccc(C)cc32)nc1.[Pt]. The van der Waals surface area contributed by atoms with Crippen molar-refractivity contribution < 1.29 is 30.9 Å². The van der Waals surface area contributed by atoms with Crippen molar-refractivity contribution in [3.05, 3.63) is 95.7 Å².